The van der Waals surface area contributed by atoms with E-state index in [-0.39, 0.29) is 32.2 Å². The minimum atomic E-state index is -0.103. The molecule has 1 N–H and O–H groups in total. The second-order valence-corrected chi connectivity index (χ2v) is 12.8. The van der Waals surface area contributed by atoms with Crippen LogP contribution in [0.25, 0.3) is 60.9 Å². The Hall–Kier alpha value is -5.25. The van der Waals surface area contributed by atoms with Crippen LogP contribution in [0.5, 0.6) is 17.4 Å². The zero-order valence-electron chi connectivity index (χ0n) is 26.7. The second kappa shape index (κ2) is 12.4. The van der Waals surface area contributed by atoms with Crippen LogP contribution in [-0.2, 0) is 26.5 Å². The number of rotatable bonds is 5. The van der Waals surface area contributed by atoms with Crippen molar-refractivity contribution in [1.29, 1.82) is 0 Å². The number of phenols is 1. The monoisotopic (exact) mass is 805 g/mol. The Kier molecular flexibility index (Phi) is 8.10. The van der Waals surface area contributed by atoms with E-state index in [0.29, 0.717) is 17.1 Å². The van der Waals surface area contributed by atoms with Gasteiger partial charge in [-0.2, -0.15) is 6.07 Å². The first-order valence-electron chi connectivity index (χ1n) is 15.7. The first-order valence-corrected chi connectivity index (χ1v) is 15.7. The van der Waals surface area contributed by atoms with Crippen LogP contribution in [0.15, 0.2) is 133 Å². The average molecular weight is 806 g/mol. The Morgan fingerprint density at radius 3 is 2.10 bits per heavy atom. The van der Waals surface area contributed by atoms with Crippen molar-refractivity contribution in [3.63, 3.8) is 0 Å². The summed E-state index contributed by atoms with van der Waals surface area (Å²) in [6.07, 6.45) is 0. The van der Waals surface area contributed by atoms with Crippen molar-refractivity contribution in [1.82, 2.24) is 14.5 Å². The van der Waals surface area contributed by atoms with Gasteiger partial charge in [-0.1, -0.05) is 111 Å². The van der Waals surface area contributed by atoms with E-state index in [1.807, 2.05) is 66.7 Å². The maximum atomic E-state index is 10.7. The fourth-order valence-electron chi connectivity index (χ4n) is 6.36. The summed E-state index contributed by atoms with van der Waals surface area (Å²) in [5.74, 6) is 1.81. The van der Waals surface area contributed by atoms with E-state index in [0.717, 1.165) is 61.0 Å². The van der Waals surface area contributed by atoms with Crippen molar-refractivity contribution in [2.24, 2.45) is 0 Å². The summed E-state index contributed by atoms with van der Waals surface area (Å²) < 4.78 is 8.49. The summed E-state index contributed by atoms with van der Waals surface area (Å²) in [5.41, 5.74) is 7.59. The van der Waals surface area contributed by atoms with E-state index in [1.165, 1.54) is 0 Å². The number of phenolic OH excluding ortho intramolecular Hbond substituents is 1. The average Bonchev–Trinajstić information content (AvgIpc) is 3.42. The second-order valence-electron chi connectivity index (χ2n) is 12.8. The summed E-state index contributed by atoms with van der Waals surface area (Å²) in [5, 5.41) is 13.8. The molecule has 0 unspecified atom stereocenters. The van der Waals surface area contributed by atoms with Crippen LogP contribution >= 0.6 is 0 Å². The van der Waals surface area contributed by atoms with E-state index >= 15 is 0 Å². The van der Waals surface area contributed by atoms with Crippen molar-refractivity contribution in [2.75, 3.05) is 0 Å². The van der Waals surface area contributed by atoms with Gasteiger partial charge in [-0.15, -0.1) is 17.5 Å². The third-order valence-electron chi connectivity index (χ3n) is 8.62. The summed E-state index contributed by atoms with van der Waals surface area (Å²) in [7, 11) is 0. The van der Waals surface area contributed by atoms with Crippen molar-refractivity contribution in [2.45, 2.75) is 26.2 Å². The minimum Gasteiger partial charge on any atom is -0.506 e. The van der Waals surface area contributed by atoms with Gasteiger partial charge in [0.1, 0.15) is 17.1 Å². The van der Waals surface area contributed by atoms with Crippen molar-refractivity contribution < 1.29 is 30.9 Å². The van der Waals surface area contributed by atoms with Gasteiger partial charge >= 0.3 is 0 Å². The molecule has 0 aliphatic rings. The van der Waals surface area contributed by atoms with Crippen LogP contribution in [0.3, 0.4) is 0 Å². The van der Waals surface area contributed by atoms with Crippen LogP contribution in [0, 0.1) is 6.07 Å². The topological polar surface area (TPSA) is 60.2 Å². The molecule has 0 radical (unpaired) electrons. The molecule has 8 aromatic rings. The quantitative estimate of drug-likeness (QED) is 0.176. The number of pyridine rings is 2. The van der Waals surface area contributed by atoms with Gasteiger partial charge < -0.3 is 14.4 Å². The molecule has 0 bridgehead atoms. The van der Waals surface area contributed by atoms with Crippen LogP contribution in [0.2, 0.25) is 0 Å². The number of aromatic nitrogens is 3. The van der Waals surface area contributed by atoms with Crippen LogP contribution < -0.4 is 4.74 Å². The number of benzene rings is 5. The molecule has 48 heavy (non-hydrogen) atoms. The van der Waals surface area contributed by atoms with E-state index in [1.54, 1.807) is 6.07 Å². The zero-order chi connectivity index (χ0) is 32.1. The Bertz CT molecular complexity index is 2430. The van der Waals surface area contributed by atoms with E-state index in [4.69, 9.17) is 14.7 Å². The van der Waals surface area contributed by atoms with Gasteiger partial charge in [0.05, 0.1) is 5.69 Å². The summed E-state index contributed by atoms with van der Waals surface area (Å²) in [6, 6.07) is 48.3. The molecule has 6 heteroatoms. The summed E-state index contributed by atoms with van der Waals surface area (Å²) in [4.78, 5) is 9.86. The Labute approximate surface area is 293 Å². The van der Waals surface area contributed by atoms with E-state index in [9.17, 15) is 5.11 Å². The number of hydrogen-bond donors (Lipinski definition) is 1. The first-order chi connectivity index (χ1) is 22.8. The molecule has 0 saturated carbocycles. The number of ether oxygens (including phenoxy) is 1. The largest absolute Gasteiger partial charge is 0.506 e. The van der Waals surface area contributed by atoms with Crippen LogP contribution in [-0.4, -0.2) is 19.6 Å². The van der Waals surface area contributed by atoms with E-state index < -0.39 is 0 Å². The number of aromatic hydroxyl groups is 1. The predicted octanol–water partition coefficient (Wildman–Crippen LogP) is 10.7. The Morgan fingerprint density at radius 2 is 1.35 bits per heavy atom. The standard InChI is InChI=1S/C42H32N3O2.Pt/c1-42(2,3)34-22-23-38(46)41-33(34)21-24-40(44-41)47-30-18-20-32-31-19-17-29(27-11-6-4-7-12-27)25-36(31)45(37(32)26-30)39-16-10-15-35(43-39)28-13-8-5-9-14-28;/h4-25,46H,1-3H3;/q-1;. The van der Waals surface area contributed by atoms with E-state index in [2.05, 4.69) is 92.1 Å². The van der Waals surface area contributed by atoms with Gasteiger partial charge in [0.15, 0.2) is 0 Å². The van der Waals surface area contributed by atoms with Gasteiger partial charge in [-0.05, 0) is 57.8 Å². The van der Waals surface area contributed by atoms with Gasteiger partial charge in [0, 0.05) is 49.3 Å². The van der Waals surface area contributed by atoms with Crippen LogP contribution in [0.1, 0.15) is 26.3 Å². The Balaban J connectivity index is 0.00000364. The molecule has 0 aliphatic heterocycles. The molecular formula is C42H32N3O2Pt-. The molecule has 0 atom stereocenters. The molecule has 238 valence electrons. The van der Waals surface area contributed by atoms with Crippen molar-refractivity contribution >= 4 is 32.7 Å². The maximum absolute atomic E-state index is 10.7. The zero-order valence-corrected chi connectivity index (χ0v) is 29.0. The maximum Gasteiger partial charge on any atom is 0.217 e. The molecule has 0 saturated heterocycles. The van der Waals surface area contributed by atoms with Crippen LogP contribution in [0.4, 0.5) is 0 Å². The number of nitrogens with zero attached hydrogens (tertiary/aromatic N) is 3. The summed E-state index contributed by atoms with van der Waals surface area (Å²) >= 11 is 0. The predicted molar refractivity (Wildman–Crippen MR) is 190 cm³/mol. The normalized spacial score (nSPS) is 11.6. The smallest absolute Gasteiger partial charge is 0.217 e. The first kappa shape index (κ1) is 31.4. The van der Waals surface area contributed by atoms with Gasteiger partial charge in [0.25, 0.3) is 0 Å². The van der Waals surface area contributed by atoms with Crippen molar-refractivity contribution in [3.8, 4) is 45.6 Å². The molecule has 5 nitrogen and oxygen atoms in total. The molecule has 3 aromatic heterocycles. The SMILES string of the molecule is CC(C)(C)c1ccc(O)c2nc(Oc3[c-]c4c(cc3)c3ccc(-c5ccccc5)cc3n4-c3cccc(-c4ccccc4)n3)ccc12.[Pt]. The molecule has 0 fully saturated rings. The third-order valence-corrected chi connectivity index (χ3v) is 8.62. The molecule has 0 amide bonds. The molecule has 0 aliphatic carbocycles. The van der Waals surface area contributed by atoms with Gasteiger partial charge in [-0.25, -0.2) is 9.97 Å². The fourth-order valence-corrected chi connectivity index (χ4v) is 6.36. The molecule has 8 rings (SSSR count). The van der Waals surface area contributed by atoms with Gasteiger partial charge in [-0.3, -0.25) is 0 Å². The third kappa shape index (κ3) is 5.65. The Morgan fingerprint density at radius 1 is 0.646 bits per heavy atom. The van der Waals surface area contributed by atoms with Gasteiger partial charge in [0.2, 0.25) is 5.88 Å². The number of hydrogen-bond acceptors (Lipinski definition) is 4. The fraction of sp³-hybridized carbons (Fsp3) is 0.0952. The molecule has 3 heterocycles. The molecular weight excluding hydrogens is 774 g/mol. The molecule has 0 spiro atoms. The molecule has 5 aromatic carbocycles. The number of fused-ring (bicyclic) bond motifs is 4. The van der Waals surface area contributed by atoms with Crippen molar-refractivity contribution in [3.05, 3.63) is 145 Å². The summed E-state index contributed by atoms with van der Waals surface area (Å²) in [6.45, 7) is 6.46. The minimum absolute atomic E-state index is 0.